The minimum Gasteiger partial charge on any atom is -1.00 e. The van der Waals surface area contributed by atoms with E-state index in [1.165, 1.54) is 6.07 Å². The number of hydrogen-bond acceptors (Lipinski definition) is 5. The molecule has 2 rings (SSSR count). The van der Waals surface area contributed by atoms with Gasteiger partial charge in [0, 0.05) is 11.6 Å². The summed E-state index contributed by atoms with van der Waals surface area (Å²) in [5.74, 6) is 0. The fourth-order valence-electron chi connectivity index (χ4n) is 2.17. The van der Waals surface area contributed by atoms with Gasteiger partial charge in [-0.05, 0) is 17.2 Å². The van der Waals surface area contributed by atoms with Gasteiger partial charge in [0.1, 0.15) is 0 Å². The van der Waals surface area contributed by atoms with Gasteiger partial charge in [0.15, 0.2) is 0 Å². The molecule has 0 amide bonds. The molecule has 0 spiro atoms. The smallest absolute Gasteiger partial charge is 1.00 e. The van der Waals surface area contributed by atoms with Crippen molar-refractivity contribution in [2.24, 2.45) is 0 Å². The van der Waals surface area contributed by atoms with Gasteiger partial charge >= 0.3 is 23.1 Å². The second kappa shape index (κ2) is 9.96. The van der Waals surface area contributed by atoms with Crippen LogP contribution in [-0.2, 0) is 13.2 Å². The monoisotopic (exact) mass is 391 g/mol. The first-order valence-electron chi connectivity index (χ1n) is 6.31. The maximum absolute atomic E-state index is 12.5. The summed E-state index contributed by atoms with van der Waals surface area (Å²) in [6.45, 7) is -0.839. The Morgan fingerprint density at radius 3 is 2.04 bits per heavy atom. The number of nitrogens with zero attached hydrogens (tertiary/aromatic N) is 1. The van der Waals surface area contributed by atoms with Crippen molar-refractivity contribution in [3.8, 4) is 0 Å². The van der Waals surface area contributed by atoms with E-state index >= 15 is 0 Å². The van der Waals surface area contributed by atoms with E-state index in [1.54, 1.807) is 30.3 Å². The van der Waals surface area contributed by atoms with Crippen LogP contribution in [0.15, 0.2) is 42.5 Å². The van der Waals surface area contributed by atoms with Crippen LogP contribution in [0, 0.1) is 10.1 Å². The van der Waals surface area contributed by atoms with Gasteiger partial charge in [-0.3, -0.25) is 10.1 Å². The Morgan fingerprint density at radius 2 is 1.57 bits per heavy atom. The molecule has 0 aromatic heterocycles. The Balaban J connectivity index is 0.00000242. The van der Waals surface area contributed by atoms with E-state index in [0.717, 1.165) is 6.07 Å². The van der Waals surface area contributed by atoms with Crippen LogP contribution in [0.3, 0.4) is 0 Å². The van der Waals surface area contributed by atoms with Gasteiger partial charge in [-0.15, -0.1) is 0 Å². The Kier molecular flexibility index (Phi) is 9.51. The van der Waals surface area contributed by atoms with Gasteiger partial charge in [-0.1, -0.05) is 42.0 Å². The number of aliphatic hydroxyl groups is 2. The average molecular weight is 392 g/mol. The molecule has 118 valence electrons. The third-order valence-corrected chi connectivity index (χ3v) is 3.27. The van der Waals surface area contributed by atoms with E-state index in [0.29, 0.717) is 11.1 Å². The van der Waals surface area contributed by atoms with Gasteiger partial charge in [-0.2, -0.15) is 0 Å². The van der Waals surface area contributed by atoms with Crippen molar-refractivity contribution in [3.05, 3.63) is 74.8 Å². The SMILES string of the molecule is O=[N+]([O-])c1cc(CO)c(CO)cc1C([O-])c1ccccc1.[Br-].[Mg+2]. The number of nitro benzene ring substituents is 1. The number of nitro groups is 1. The molecule has 0 aliphatic heterocycles. The van der Waals surface area contributed by atoms with E-state index < -0.39 is 24.2 Å². The van der Waals surface area contributed by atoms with Crippen molar-refractivity contribution in [3.63, 3.8) is 0 Å². The molecule has 0 heterocycles. The minimum atomic E-state index is -1.43. The fourth-order valence-corrected chi connectivity index (χ4v) is 2.17. The van der Waals surface area contributed by atoms with Gasteiger partial charge < -0.3 is 32.3 Å². The normalized spacial score (nSPS) is 11.1. The van der Waals surface area contributed by atoms with Crippen LogP contribution in [0.1, 0.15) is 28.4 Å². The zero-order chi connectivity index (χ0) is 15.4. The third kappa shape index (κ3) is 4.97. The van der Waals surface area contributed by atoms with Crippen molar-refractivity contribution in [2.45, 2.75) is 19.3 Å². The molecule has 0 aliphatic rings. The average Bonchev–Trinajstić information content (AvgIpc) is 2.53. The van der Waals surface area contributed by atoms with Gasteiger partial charge in [0.2, 0.25) is 0 Å². The molecule has 23 heavy (non-hydrogen) atoms. The van der Waals surface area contributed by atoms with Crippen LogP contribution < -0.4 is 22.1 Å². The van der Waals surface area contributed by atoms with Gasteiger partial charge in [0.25, 0.3) is 5.69 Å². The molecular weight excluding hydrogens is 378 g/mol. The summed E-state index contributed by atoms with van der Waals surface area (Å²) < 4.78 is 0. The molecule has 0 aliphatic carbocycles. The second-order valence-electron chi connectivity index (χ2n) is 4.54. The van der Waals surface area contributed by atoms with Gasteiger partial charge in [-0.25, -0.2) is 0 Å². The number of hydrogen-bond donors (Lipinski definition) is 2. The molecular formula is C15H14BrMgNO5. The topological polar surface area (TPSA) is 107 Å². The predicted octanol–water partition coefficient (Wildman–Crippen LogP) is -2.35. The quantitative estimate of drug-likeness (QED) is 0.337. The van der Waals surface area contributed by atoms with E-state index in [-0.39, 0.29) is 56.8 Å². The summed E-state index contributed by atoms with van der Waals surface area (Å²) >= 11 is 0. The molecule has 2 aromatic rings. The summed E-state index contributed by atoms with van der Waals surface area (Å²) in [4.78, 5) is 10.5. The molecule has 1 atom stereocenters. The van der Waals surface area contributed by atoms with Crippen LogP contribution >= 0.6 is 0 Å². The molecule has 8 heteroatoms. The fraction of sp³-hybridized carbons (Fsp3) is 0.200. The number of rotatable bonds is 5. The summed E-state index contributed by atoms with van der Waals surface area (Å²) in [7, 11) is 0. The van der Waals surface area contributed by atoms with Crippen molar-refractivity contribution < 1.29 is 37.2 Å². The molecule has 1 unspecified atom stereocenters. The Hall–Kier alpha value is -1.03. The van der Waals surface area contributed by atoms with Crippen molar-refractivity contribution in [1.82, 2.24) is 0 Å². The molecule has 0 saturated carbocycles. The Labute approximate surface area is 159 Å². The van der Waals surface area contributed by atoms with Crippen molar-refractivity contribution in [2.75, 3.05) is 0 Å². The number of halogens is 1. The summed E-state index contributed by atoms with van der Waals surface area (Å²) in [5, 5.41) is 42.1. The maximum Gasteiger partial charge on any atom is 2.00 e. The van der Waals surface area contributed by atoms with Crippen LogP contribution in [0.5, 0.6) is 0 Å². The standard InChI is InChI=1S/C15H14NO5.BrH.Mg/c17-8-11-6-13(14(16(20)21)7-12(11)9-18)15(19)10-4-2-1-3-5-10;;/h1-7,15,17-18H,8-9H2;1H;/q-1;;+2/p-1. The van der Waals surface area contributed by atoms with Crippen LogP contribution in [0.2, 0.25) is 0 Å². The first-order valence-corrected chi connectivity index (χ1v) is 6.31. The van der Waals surface area contributed by atoms with Gasteiger partial charge in [0.05, 0.1) is 18.1 Å². The predicted molar refractivity (Wildman–Crippen MR) is 79.0 cm³/mol. The third-order valence-electron chi connectivity index (χ3n) is 3.27. The zero-order valence-corrected chi connectivity index (χ0v) is 15.2. The summed E-state index contributed by atoms with van der Waals surface area (Å²) in [5.41, 5.74) is 0.594. The molecule has 6 nitrogen and oxygen atoms in total. The Morgan fingerprint density at radius 1 is 1.04 bits per heavy atom. The van der Waals surface area contributed by atoms with E-state index in [9.17, 15) is 25.4 Å². The second-order valence-corrected chi connectivity index (χ2v) is 4.54. The molecule has 0 radical (unpaired) electrons. The maximum atomic E-state index is 12.5. The zero-order valence-electron chi connectivity index (χ0n) is 12.2. The van der Waals surface area contributed by atoms with Crippen LogP contribution in [0.25, 0.3) is 0 Å². The Bertz CT molecular complexity index is 654. The number of aliphatic hydroxyl groups excluding tert-OH is 2. The molecule has 0 bridgehead atoms. The van der Waals surface area contributed by atoms with Crippen molar-refractivity contribution >= 4 is 28.7 Å². The van der Waals surface area contributed by atoms with Crippen molar-refractivity contribution in [1.29, 1.82) is 0 Å². The summed E-state index contributed by atoms with van der Waals surface area (Å²) in [6.07, 6.45) is -1.43. The van der Waals surface area contributed by atoms with E-state index in [1.807, 2.05) is 0 Å². The minimum absolute atomic E-state index is 0. The molecule has 2 N–H and O–H groups in total. The first kappa shape index (κ1) is 22.0. The number of benzene rings is 2. The van der Waals surface area contributed by atoms with E-state index in [2.05, 4.69) is 0 Å². The molecule has 0 saturated heterocycles. The largest absolute Gasteiger partial charge is 2.00 e. The molecule has 2 aromatic carbocycles. The van der Waals surface area contributed by atoms with E-state index in [4.69, 9.17) is 0 Å². The van der Waals surface area contributed by atoms with Crippen LogP contribution in [-0.4, -0.2) is 38.2 Å². The van der Waals surface area contributed by atoms with Crippen LogP contribution in [0.4, 0.5) is 5.69 Å². The molecule has 0 fully saturated rings. The first-order chi connectivity index (χ1) is 10.1. The summed E-state index contributed by atoms with van der Waals surface area (Å²) in [6, 6.07) is 10.8.